The van der Waals surface area contributed by atoms with E-state index >= 15 is 0 Å². The first kappa shape index (κ1) is 14.9. The Morgan fingerprint density at radius 3 is 2.35 bits per heavy atom. The zero-order valence-electron chi connectivity index (χ0n) is 10.2. The van der Waals surface area contributed by atoms with E-state index in [0.717, 1.165) is 12.1 Å². The zero-order valence-corrected chi connectivity index (χ0v) is 10.2. The number of nitro benzene ring substituents is 1. The monoisotopic (exact) mass is 241 g/mol. The van der Waals surface area contributed by atoms with Crippen molar-refractivity contribution in [3.63, 3.8) is 0 Å². The smallest absolute Gasteiger partial charge is 0.338 e. The number of esters is 1. The van der Waals surface area contributed by atoms with E-state index in [1.165, 1.54) is 7.11 Å². The Hall–Kier alpha value is -2.11. The summed E-state index contributed by atoms with van der Waals surface area (Å²) in [6, 6.07) is 2.15. The average Bonchev–Trinajstić information content (AvgIpc) is 2.30. The lowest BCUT2D eigenvalue weighted by molar-refractivity contribution is -0.385. The molecular weight excluding hydrogens is 226 g/mol. The lowest BCUT2D eigenvalue weighted by Gasteiger charge is -2.04. The second-order valence-corrected chi connectivity index (χ2v) is 2.90. The van der Waals surface area contributed by atoms with Gasteiger partial charge in [0.1, 0.15) is 0 Å². The molecule has 0 unspecified atom stereocenters. The third kappa shape index (κ3) is 3.44. The predicted octanol–water partition coefficient (Wildman–Crippen LogP) is 2.42. The van der Waals surface area contributed by atoms with Crippen LogP contribution in [-0.4, -0.2) is 23.1 Å². The molecule has 0 spiro atoms. The molecule has 1 rings (SSSR count). The number of benzene rings is 1. The van der Waals surface area contributed by atoms with Crippen molar-refractivity contribution < 1.29 is 19.6 Å². The second kappa shape index (κ2) is 6.47. The molecule has 1 aromatic rings. The van der Waals surface area contributed by atoms with Crippen LogP contribution >= 0.6 is 0 Å². The van der Waals surface area contributed by atoms with Gasteiger partial charge in [-0.2, -0.15) is 0 Å². The number of aryl methyl sites for hydroxylation is 1. The molecule has 0 heterocycles. The van der Waals surface area contributed by atoms with Gasteiger partial charge in [-0.3, -0.25) is 10.1 Å². The van der Waals surface area contributed by atoms with Crippen LogP contribution in [0.2, 0.25) is 0 Å². The molecule has 0 bridgehead atoms. The Balaban J connectivity index is 0.00000121. The molecule has 17 heavy (non-hydrogen) atoms. The van der Waals surface area contributed by atoms with E-state index < -0.39 is 22.3 Å². The van der Waals surface area contributed by atoms with Gasteiger partial charge in [0.15, 0.2) is 5.75 Å². The molecule has 0 radical (unpaired) electrons. The van der Waals surface area contributed by atoms with Gasteiger partial charge < -0.3 is 9.84 Å². The summed E-state index contributed by atoms with van der Waals surface area (Å²) in [6.45, 7) is 5.55. The minimum Gasteiger partial charge on any atom is -0.502 e. The van der Waals surface area contributed by atoms with Gasteiger partial charge in [-0.1, -0.05) is 13.8 Å². The van der Waals surface area contributed by atoms with Crippen molar-refractivity contribution in [1.82, 2.24) is 0 Å². The van der Waals surface area contributed by atoms with Crippen LogP contribution in [0.25, 0.3) is 0 Å². The molecule has 0 aromatic heterocycles. The number of phenolic OH excluding ortho intramolecular Hbond substituents is 1. The number of nitrogens with zero attached hydrogens (tertiary/aromatic N) is 1. The first-order chi connectivity index (χ1) is 7.97. The van der Waals surface area contributed by atoms with Crippen LogP contribution in [0, 0.1) is 17.0 Å². The number of ether oxygens (including phenoxy) is 1. The summed E-state index contributed by atoms with van der Waals surface area (Å²) >= 11 is 0. The van der Waals surface area contributed by atoms with Crippen LogP contribution in [0.3, 0.4) is 0 Å². The quantitative estimate of drug-likeness (QED) is 0.488. The van der Waals surface area contributed by atoms with Gasteiger partial charge in [-0.25, -0.2) is 4.79 Å². The predicted molar refractivity (Wildman–Crippen MR) is 62.2 cm³/mol. The van der Waals surface area contributed by atoms with Crippen LogP contribution in [0.4, 0.5) is 5.69 Å². The SMILES string of the molecule is CC.COC(=O)c1cc([N+](=O)[O-])c(O)cc1C. The van der Waals surface area contributed by atoms with Crippen molar-refractivity contribution in [2.24, 2.45) is 0 Å². The summed E-state index contributed by atoms with van der Waals surface area (Å²) in [5, 5.41) is 19.7. The maximum Gasteiger partial charge on any atom is 0.338 e. The van der Waals surface area contributed by atoms with E-state index in [-0.39, 0.29) is 5.56 Å². The van der Waals surface area contributed by atoms with Crippen molar-refractivity contribution >= 4 is 11.7 Å². The van der Waals surface area contributed by atoms with E-state index in [1.54, 1.807) is 6.92 Å². The fourth-order valence-electron chi connectivity index (χ4n) is 1.16. The Morgan fingerprint density at radius 1 is 1.41 bits per heavy atom. The molecule has 6 heteroatoms. The summed E-state index contributed by atoms with van der Waals surface area (Å²) in [5.41, 5.74) is -0.0204. The third-order valence-electron chi connectivity index (χ3n) is 1.92. The number of rotatable bonds is 2. The number of hydrogen-bond acceptors (Lipinski definition) is 5. The standard InChI is InChI=1S/C9H9NO5.C2H6/c1-5-3-8(11)7(10(13)14)4-6(5)9(12)15-2;1-2/h3-4,11H,1-2H3;1-2H3. The Bertz CT molecular complexity index is 428. The number of methoxy groups -OCH3 is 1. The highest BCUT2D eigenvalue weighted by molar-refractivity contribution is 5.92. The van der Waals surface area contributed by atoms with E-state index in [2.05, 4.69) is 4.74 Å². The molecule has 0 fully saturated rings. The van der Waals surface area contributed by atoms with Gasteiger partial charge in [0.05, 0.1) is 17.6 Å². The molecule has 0 atom stereocenters. The summed E-state index contributed by atoms with van der Waals surface area (Å²) in [6.07, 6.45) is 0. The summed E-state index contributed by atoms with van der Waals surface area (Å²) in [5.74, 6) is -1.14. The van der Waals surface area contributed by atoms with Crippen molar-refractivity contribution in [1.29, 1.82) is 0 Å². The summed E-state index contributed by atoms with van der Waals surface area (Å²) < 4.78 is 4.45. The van der Waals surface area contributed by atoms with Crippen molar-refractivity contribution in [2.45, 2.75) is 20.8 Å². The van der Waals surface area contributed by atoms with Crippen LogP contribution < -0.4 is 0 Å². The van der Waals surface area contributed by atoms with E-state index in [1.807, 2.05) is 13.8 Å². The second-order valence-electron chi connectivity index (χ2n) is 2.90. The maximum atomic E-state index is 11.2. The van der Waals surface area contributed by atoms with Crippen molar-refractivity contribution in [3.05, 3.63) is 33.4 Å². The number of phenols is 1. The number of nitro groups is 1. The molecule has 0 aliphatic heterocycles. The summed E-state index contributed by atoms with van der Waals surface area (Å²) in [4.78, 5) is 20.9. The molecule has 94 valence electrons. The van der Waals surface area contributed by atoms with Gasteiger partial charge in [0.2, 0.25) is 0 Å². The lowest BCUT2D eigenvalue weighted by atomic mass is 10.1. The minimum absolute atomic E-state index is 0.0713. The van der Waals surface area contributed by atoms with E-state index in [9.17, 15) is 20.0 Å². The van der Waals surface area contributed by atoms with Crippen LogP contribution in [0.1, 0.15) is 29.8 Å². The van der Waals surface area contributed by atoms with Gasteiger partial charge >= 0.3 is 11.7 Å². The number of carbonyl (C=O) groups is 1. The van der Waals surface area contributed by atoms with Crippen LogP contribution in [0.5, 0.6) is 5.75 Å². The van der Waals surface area contributed by atoms with Crippen molar-refractivity contribution in [2.75, 3.05) is 7.11 Å². The molecule has 1 N–H and O–H groups in total. The number of carbonyl (C=O) groups excluding carboxylic acids is 1. The largest absolute Gasteiger partial charge is 0.502 e. The normalized spacial score (nSPS) is 8.94. The van der Waals surface area contributed by atoms with Gasteiger partial charge in [0.25, 0.3) is 0 Å². The Labute approximate surface area is 99.0 Å². The maximum absolute atomic E-state index is 11.2. The minimum atomic E-state index is -0.763. The molecule has 0 saturated carbocycles. The highest BCUT2D eigenvalue weighted by Gasteiger charge is 2.19. The molecule has 0 amide bonds. The van der Waals surface area contributed by atoms with E-state index in [4.69, 9.17) is 0 Å². The zero-order chi connectivity index (χ0) is 13.6. The molecule has 0 saturated heterocycles. The highest BCUT2D eigenvalue weighted by atomic mass is 16.6. The first-order valence-corrected chi connectivity index (χ1v) is 5.03. The van der Waals surface area contributed by atoms with Crippen LogP contribution in [0.15, 0.2) is 12.1 Å². The third-order valence-corrected chi connectivity index (χ3v) is 1.92. The van der Waals surface area contributed by atoms with Gasteiger partial charge in [-0.15, -0.1) is 0 Å². The fraction of sp³-hybridized carbons (Fsp3) is 0.364. The van der Waals surface area contributed by atoms with Gasteiger partial charge in [-0.05, 0) is 18.6 Å². The highest BCUT2D eigenvalue weighted by Crippen LogP contribution is 2.29. The Kier molecular flexibility index (Phi) is 5.66. The van der Waals surface area contributed by atoms with E-state index in [0.29, 0.717) is 5.56 Å². The molecule has 0 aliphatic carbocycles. The fourth-order valence-corrected chi connectivity index (χ4v) is 1.16. The van der Waals surface area contributed by atoms with Crippen molar-refractivity contribution in [3.8, 4) is 5.75 Å². The summed E-state index contributed by atoms with van der Waals surface area (Å²) in [7, 11) is 1.18. The topological polar surface area (TPSA) is 89.7 Å². The van der Waals surface area contributed by atoms with Gasteiger partial charge in [0, 0.05) is 6.07 Å². The number of hydrogen-bond donors (Lipinski definition) is 1. The first-order valence-electron chi connectivity index (χ1n) is 5.03. The molecular formula is C11H15NO5. The molecule has 6 nitrogen and oxygen atoms in total. The average molecular weight is 241 g/mol. The van der Waals surface area contributed by atoms with Crippen LogP contribution in [-0.2, 0) is 4.74 Å². The number of aromatic hydroxyl groups is 1. The molecule has 0 aliphatic rings. The lowest BCUT2D eigenvalue weighted by Crippen LogP contribution is -2.04. The molecule has 1 aromatic carbocycles. The Morgan fingerprint density at radius 2 is 1.94 bits per heavy atom.